The van der Waals surface area contributed by atoms with Gasteiger partial charge in [-0.15, -0.1) is 0 Å². The minimum atomic E-state index is 0.507. The molecule has 134 valence electrons. The number of para-hydroxylation sites is 3. The molecule has 4 aromatic rings. The molecule has 0 aromatic heterocycles. The van der Waals surface area contributed by atoms with Crippen molar-refractivity contribution >= 4 is 27.8 Å². The van der Waals surface area contributed by atoms with Crippen molar-refractivity contribution in [2.24, 2.45) is 5.73 Å². The molecule has 4 rings (SSSR count). The SMILES string of the molecule is NCc1cc2ccccc2cc1CN(c1ccccc1)c1ccccc1N. The average Bonchev–Trinajstić information content (AvgIpc) is 2.72. The number of fused-ring (bicyclic) bond motifs is 1. The summed E-state index contributed by atoms with van der Waals surface area (Å²) in [6, 6.07) is 31.2. The molecule has 0 saturated heterocycles. The van der Waals surface area contributed by atoms with Gasteiger partial charge in [0.05, 0.1) is 11.4 Å². The van der Waals surface area contributed by atoms with Gasteiger partial charge in [0.25, 0.3) is 0 Å². The quantitative estimate of drug-likeness (QED) is 0.484. The average molecular weight is 353 g/mol. The predicted octanol–water partition coefficient (Wildman–Crippen LogP) is 5.22. The van der Waals surface area contributed by atoms with Crippen molar-refractivity contribution in [1.82, 2.24) is 0 Å². The number of nitrogens with two attached hydrogens (primary N) is 2. The van der Waals surface area contributed by atoms with Gasteiger partial charge >= 0.3 is 0 Å². The van der Waals surface area contributed by atoms with E-state index in [0.717, 1.165) is 22.6 Å². The molecule has 0 radical (unpaired) electrons. The van der Waals surface area contributed by atoms with Gasteiger partial charge in [0.2, 0.25) is 0 Å². The van der Waals surface area contributed by atoms with Crippen molar-refractivity contribution in [3.05, 3.63) is 102 Å². The van der Waals surface area contributed by atoms with Crippen LogP contribution in [0.2, 0.25) is 0 Å². The van der Waals surface area contributed by atoms with Gasteiger partial charge in [0.1, 0.15) is 0 Å². The largest absolute Gasteiger partial charge is 0.397 e. The first kappa shape index (κ1) is 17.1. The molecule has 27 heavy (non-hydrogen) atoms. The monoisotopic (exact) mass is 353 g/mol. The highest BCUT2D eigenvalue weighted by atomic mass is 15.1. The molecule has 4 N–H and O–H groups in total. The van der Waals surface area contributed by atoms with Gasteiger partial charge in [-0.2, -0.15) is 0 Å². The van der Waals surface area contributed by atoms with Gasteiger partial charge in [-0.3, -0.25) is 0 Å². The molecule has 3 nitrogen and oxygen atoms in total. The molecular formula is C24H23N3. The van der Waals surface area contributed by atoms with E-state index in [1.54, 1.807) is 0 Å². The van der Waals surface area contributed by atoms with Crippen molar-refractivity contribution < 1.29 is 0 Å². The smallest absolute Gasteiger partial charge is 0.0647 e. The second kappa shape index (κ2) is 7.52. The Hall–Kier alpha value is -3.30. The van der Waals surface area contributed by atoms with Crippen LogP contribution in [0.1, 0.15) is 11.1 Å². The van der Waals surface area contributed by atoms with Gasteiger partial charge in [0.15, 0.2) is 0 Å². The second-order valence-corrected chi connectivity index (χ2v) is 6.65. The zero-order chi connectivity index (χ0) is 18.6. The molecule has 0 atom stereocenters. The molecule has 0 aliphatic heterocycles. The highest BCUT2D eigenvalue weighted by Gasteiger charge is 2.15. The summed E-state index contributed by atoms with van der Waals surface area (Å²) in [6.45, 7) is 1.21. The fraction of sp³-hybridized carbons (Fsp3) is 0.0833. The summed E-state index contributed by atoms with van der Waals surface area (Å²) in [6.07, 6.45) is 0. The first-order valence-corrected chi connectivity index (χ1v) is 9.14. The molecule has 4 aromatic carbocycles. The highest BCUT2D eigenvalue weighted by Crippen LogP contribution is 2.33. The summed E-state index contributed by atoms with van der Waals surface area (Å²) in [4.78, 5) is 2.25. The lowest BCUT2D eigenvalue weighted by Gasteiger charge is -2.27. The summed E-state index contributed by atoms with van der Waals surface area (Å²) >= 11 is 0. The van der Waals surface area contributed by atoms with E-state index in [1.807, 2.05) is 36.4 Å². The van der Waals surface area contributed by atoms with Crippen molar-refractivity contribution in [2.45, 2.75) is 13.1 Å². The number of nitrogen functional groups attached to an aromatic ring is 1. The van der Waals surface area contributed by atoms with Crippen LogP contribution in [-0.2, 0) is 13.1 Å². The van der Waals surface area contributed by atoms with Gasteiger partial charge in [0, 0.05) is 18.8 Å². The molecule has 0 amide bonds. The number of hydrogen-bond acceptors (Lipinski definition) is 3. The summed E-state index contributed by atoms with van der Waals surface area (Å²) in [5.41, 5.74) is 17.6. The lowest BCUT2D eigenvalue weighted by Crippen LogP contribution is -2.19. The maximum absolute atomic E-state index is 6.31. The number of rotatable bonds is 5. The van der Waals surface area contributed by atoms with E-state index in [4.69, 9.17) is 11.5 Å². The third kappa shape index (κ3) is 3.50. The minimum Gasteiger partial charge on any atom is -0.397 e. The second-order valence-electron chi connectivity index (χ2n) is 6.65. The van der Waals surface area contributed by atoms with Crippen LogP contribution >= 0.6 is 0 Å². The summed E-state index contributed by atoms with van der Waals surface area (Å²) in [7, 11) is 0. The van der Waals surface area contributed by atoms with Crippen molar-refractivity contribution in [3.63, 3.8) is 0 Å². The molecule has 0 fully saturated rings. The van der Waals surface area contributed by atoms with Gasteiger partial charge in [-0.25, -0.2) is 0 Å². The van der Waals surface area contributed by atoms with Crippen LogP contribution in [0.25, 0.3) is 10.8 Å². The summed E-state index contributed by atoms with van der Waals surface area (Å²) < 4.78 is 0. The number of benzene rings is 4. The Morgan fingerprint density at radius 1 is 0.667 bits per heavy atom. The Kier molecular flexibility index (Phi) is 4.77. The number of hydrogen-bond donors (Lipinski definition) is 2. The molecule has 0 bridgehead atoms. The zero-order valence-electron chi connectivity index (χ0n) is 15.2. The van der Waals surface area contributed by atoms with Crippen LogP contribution in [-0.4, -0.2) is 0 Å². The van der Waals surface area contributed by atoms with Gasteiger partial charge in [-0.1, -0.05) is 54.6 Å². The Balaban J connectivity index is 1.83. The molecule has 0 heterocycles. The maximum Gasteiger partial charge on any atom is 0.0647 e. The summed E-state index contributed by atoms with van der Waals surface area (Å²) in [5.74, 6) is 0. The number of nitrogens with zero attached hydrogens (tertiary/aromatic N) is 1. The van der Waals surface area contributed by atoms with Gasteiger partial charge in [-0.05, 0) is 58.3 Å². The highest BCUT2D eigenvalue weighted by molar-refractivity contribution is 5.84. The Morgan fingerprint density at radius 3 is 1.93 bits per heavy atom. The molecule has 0 aliphatic carbocycles. The molecule has 0 unspecified atom stereocenters. The van der Waals surface area contributed by atoms with Crippen LogP contribution in [0.5, 0.6) is 0 Å². The van der Waals surface area contributed by atoms with Gasteiger partial charge < -0.3 is 16.4 Å². The Labute approximate surface area is 159 Å². The van der Waals surface area contributed by atoms with E-state index in [0.29, 0.717) is 13.1 Å². The first-order chi connectivity index (χ1) is 13.3. The fourth-order valence-corrected chi connectivity index (χ4v) is 3.50. The molecular weight excluding hydrogens is 330 g/mol. The van der Waals surface area contributed by atoms with Crippen molar-refractivity contribution in [1.29, 1.82) is 0 Å². The molecule has 0 aliphatic rings. The van der Waals surface area contributed by atoms with Crippen LogP contribution in [0.3, 0.4) is 0 Å². The van der Waals surface area contributed by atoms with E-state index < -0.39 is 0 Å². The maximum atomic E-state index is 6.31. The van der Waals surface area contributed by atoms with E-state index in [2.05, 4.69) is 59.5 Å². The normalized spacial score (nSPS) is 10.9. The predicted molar refractivity (Wildman–Crippen MR) is 115 cm³/mol. The molecule has 0 saturated carbocycles. The standard InChI is InChI=1S/C24H23N3/c25-16-20-14-18-8-4-5-9-19(18)15-21(20)17-27(22-10-2-1-3-11-22)24-13-7-6-12-23(24)26/h1-15H,16-17,25-26H2. The van der Waals surface area contributed by atoms with Crippen molar-refractivity contribution in [2.75, 3.05) is 10.6 Å². The first-order valence-electron chi connectivity index (χ1n) is 9.14. The van der Waals surface area contributed by atoms with E-state index in [9.17, 15) is 0 Å². The lowest BCUT2D eigenvalue weighted by atomic mass is 10.00. The fourth-order valence-electron chi connectivity index (χ4n) is 3.50. The molecule has 3 heteroatoms. The zero-order valence-corrected chi connectivity index (χ0v) is 15.2. The molecule has 0 spiro atoms. The van der Waals surface area contributed by atoms with E-state index >= 15 is 0 Å². The minimum absolute atomic E-state index is 0.507. The Morgan fingerprint density at radius 2 is 1.26 bits per heavy atom. The topological polar surface area (TPSA) is 55.3 Å². The summed E-state index contributed by atoms with van der Waals surface area (Å²) in [5, 5.41) is 2.44. The van der Waals surface area contributed by atoms with E-state index in [1.165, 1.54) is 16.3 Å². The Bertz CT molecular complexity index is 1060. The van der Waals surface area contributed by atoms with Crippen LogP contribution < -0.4 is 16.4 Å². The third-order valence-corrected chi connectivity index (χ3v) is 4.91. The lowest BCUT2D eigenvalue weighted by molar-refractivity contribution is 0.937. The van der Waals surface area contributed by atoms with Crippen LogP contribution in [0.15, 0.2) is 91.0 Å². The van der Waals surface area contributed by atoms with Crippen molar-refractivity contribution in [3.8, 4) is 0 Å². The number of anilines is 3. The third-order valence-electron chi connectivity index (χ3n) is 4.91. The van der Waals surface area contributed by atoms with Crippen LogP contribution in [0.4, 0.5) is 17.1 Å². The van der Waals surface area contributed by atoms with E-state index in [-0.39, 0.29) is 0 Å². The van der Waals surface area contributed by atoms with Crippen LogP contribution in [0, 0.1) is 0 Å².